The summed E-state index contributed by atoms with van der Waals surface area (Å²) in [5.74, 6) is 1.58. The minimum Gasteiger partial charge on any atom is -0.493 e. The summed E-state index contributed by atoms with van der Waals surface area (Å²) in [5, 5.41) is 3.65. The average Bonchev–Trinajstić information content (AvgIpc) is 3.05. The number of aromatic amines is 1. The van der Waals surface area contributed by atoms with Gasteiger partial charge in [-0.25, -0.2) is 0 Å². The SMILES string of the molecule is CCOc1ccccc1NC(=O)c1c[nH]c2cc(OC)c(OC)cc12. The Kier molecular flexibility index (Phi) is 4.79. The van der Waals surface area contributed by atoms with E-state index in [0.717, 1.165) is 10.9 Å². The molecule has 0 spiro atoms. The van der Waals surface area contributed by atoms with Crippen molar-refractivity contribution in [3.05, 3.63) is 48.2 Å². The molecule has 0 atom stereocenters. The van der Waals surface area contributed by atoms with Gasteiger partial charge in [0.15, 0.2) is 11.5 Å². The molecule has 6 heteroatoms. The topological polar surface area (TPSA) is 72.6 Å². The number of aromatic nitrogens is 1. The van der Waals surface area contributed by atoms with Gasteiger partial charge in [0.1, 0.15) is 5.75 Å². The quantitative estimate of drug-likeness (QED) is 0.715. The number of methoxy groups -OCH3 is 2. The summed E-state index contributed by atoms with van der Waals surface area (Å²) in [6.45, 7) is 2.43. The van der Waals surface area contributed by atoms with Gasteiger partial charge in [-0.2, -0.15) is 0 Å². The number of para-hydroxylation sites is 2. The monoisotopic (exact) mass is 340 g/mol. The van der Waals surface area contributed by atoms with E-state index in [1.807, 2.05) is 25.1 Å². The van der Waals surface area contributed by atoms with Gasteiger partial charge in [0.05, 0.1) is 37.6 Å². The van der Waals surface area contributed by atoms with Gasteiger partial charge >= 0.3 is 0 Å². The Morgan fingerprint density at radius 1 is 1.08 bits per heavy atom. The number of ether oxygens (including phenoxy) is 3. The van der Waals surface area contributed by atoms with Gasteiger partial charge in [-0.05, 0) is 25.1 Å². The van der Waals surface area contributed by atoms with Gasteiger partial charge in [0.25, 0.3) is 5.91 Å². The molecule has 0 aliphatic rings. The normalized spacial score (nSPS) is 10.5. The van der Waals surface area contributed by atoms with Crippen LogP contribution >= 0.6 is 0 Å². The van der Waals surface area contributed by atoms with Crippen LogP contribution in [0.2, 0.25) is 0 Å². The summed E-state index contributed by atoms with van der Waals surface area (Å²) in [5.41, 5.74) is 1.94. The third-order valence-corrected chi connectivity index (χ3v) is 3.87. The van der Waals surface area contributed by atoms with E-state index in [9.17, 15) is 4.79 Å². The Bertz CT molecular complexity index is 902. The molecule has 0 unspecified atom stereocenters. The van der Waals surface area contributed by atoms with Crippen molar-refractivity contribution in [1.29, 1.82) is 0 Å². The number of carbonyl (C=O) groups is 1. The molecule has 3 aromatic rings. The summed E-state index contributed by atoms with van der Waals surface area (Å²) >= 11 is 0. The molecule has 2 aromatic carbocycles. The van der Waals surface area contributed by atoms with Gasteiger partial charge in [0, 0.05) is 17.6 Å². The summed E-state index contributed by atoms with van der Waals surface area (Å²) < 4.78 is 16.2. The summed E-state index contributed by atoms with van der Waals surface area (Å²) in [4.78, 5) is 15.8. The van der Waals surface area contributed by atoms with E-state index < -0.39 is 0 Å². The number of hydrogen-bond donors (Lipinski definition) is 2. The van der Waals surface area contributed by atoms with Crippen molar-refractivity contribution in [3.63, 3.8) is 0 Å². The maximum Gasteiger partial charge on any atom is 0.257 e. The standard InChI is InChI=1S/C19H20N2O4/c1-4-25-16-8-6-5-7-14(16)21-19(22)13-11-20-15-10-18(24-3)17(23-2)9-12(13)15/h5-11,20H,4H2,1-3H3,(H,21,22). The van der Waals surface area contributed by atoms with Crippen molar-refractivity contribution in [2.24, 2.45) is 0 Å². The first-order valence-corrected chi connectivity index (χ1v) is 7.94. The van der Waals surface area contributed by atoms with E-state index >= 15 is 0 Å². The highest BCUT2D eigenvalue weighted by molar-refractivity contribution is 6.13. The van der Waals surface area contributed by atoms with E-state index in [0.29, 0.717) is 35.1 Å². The van der Waals surface area contributed by atoms with Crippen LogP contribution < -0.4 is 19.5 Å². The zero-order valence-electron chi connectivity index (χ0n) is 14.4. The molecule has 130 valence electrons. The fourth-order valence-electron chi connectivity index (χ4n) is 2.68. The molecule has 0 aliphatic heterocycles. The average molecular weight is 340 g/mol. The minimum atomic E-state index is -0.231. The molecular formula is C19H20N2O4. The van der Waals surface area contributed by atoms with E-state index in [1.165, 1.54) is 0 Å². The molecule has 1 aromatic heterocycles. The lowest BCUT2D eigenvalue weighted by Gasteiger charge is -2.11. The fourth-order valence-corrected chi connectivity index (χ4v) is 2.68. The first kappa shape index (κ1) is 16.7. The van der Waals surface area contributed by atoms with Crippen LogP contribution in [0.15, 0.2) is 42.6 Å². The number of H-pyrrole nitrogens is 1. The summed E-state index contributed by atoms with van der Waals surface area (Å²) in [6, 6.07) is 10.9. The molecule has 0 fully saturated rings. The predicted molar refractivity (Wildman–Crippen MR) is 97.0 cm³/mol. The number of anilines is 1. The third kappa shape index (κ3) is 3.24. The first-order valence-electron chi connectivity index (χ1n) is 7.94. The second-order valence-corrected chi connectivity index (χ2v) is 5.34. The molecule has 1 amide bonds. The van der Waals surface area contributed by atoms with Crippen molar-refractivity contribution >= 4 is 22.5 Å². The number of fused-ring (bicyclic) bond motifs is 1. The van der Waals surface area contributed by atoms with Crippen LogP contribution in [0.25, 0.3) is 10.9 Å². The van der Waals surface area contributed by atoms with Crippen molar-refractivity contribution < 1.29 is 19.0 Å². The predicted octanol–water partition coefficient (Wildman–Crippen LogP) is 3.84. The lowest BCUT2D eigenvalue weighted by Crippen LogP contribution is -2.12. The zero-order valence-corrected chi connectivity index (χ0v) is 14.4. The van der Waals surface area contributed by atoms with Crippen LogP contribution in [0.5, 0.6) is 17.2 Å². The molecule has 6 nitrogen and oxygen atoms in total. The van der Waals surface area contributed by atoms with Crippen LogP contribution in [0.4, 0.5) is 5.69 Å². The highest BCUT2D eigenvalue weighted by atomic mass is 16.5. The van der Waals surface area contributed by atoms with E-state index in [1.54, 1.807) is 38.6 Å². The number of benzene rings is 2. The molecule has 0 aliphatic carbocycles. The molecule has 25 heavy (non-hydrogen) atoms. The maximum atomic E-state index is 12.7. The van der Waals surface area contributed by atoms with Crippen LogP contribution in [0, 0.1) is 0 Å². The number of amides is 1. The Hall–Kier alpha value is -3.15. The molecular weight excluding hydrogens is 320 g/mol. The van der Waals surface area contributed by atoms with Crippen molar-refractivity contribution in [1.82, 2.24) is 4.98 Å². The Labute approximate surface area is 145 Å². The van der Waals surface area contributed by atoms with Gasteiger partial charge in [-0.3, -0.25) is 4.79 Å². The third-order valence-electron chi connectivity index (χ3n) is 3.87. The summed E-state index contributed by atoms with van der Waals surface area (Å²) in [7, 11) is 3.14. The number of carbonyl (C=O) groups excluding carboxylic acids is 1. The lowest BCUT2D eigenvalue weighted by atomic mass is 10.1. The molecule has 0 radical (unpaired) electrons. The molecule has 0 saturated heterocycles. The first-order chi connectivity index (χ1) is 12.2. The highest BCUT2D eigenvalue weighted by Crippen LogP contribution is 2.34. The van der Waals surface area contributed by atoms with Crippen molar-refractivity contribution in [2.75, 3.05) is 26.1 Å². The molecule has 0 bridgehead atoms. The number of hydrogen-bond acceptors (Lipinski definition) is 4. The van der Waals surface area contributed by atoms with E-state index in [-0.39, 0.29) is 5.91 Å². The van der Waals surface area contributed by atoms with Crippen LogP contribution in [0.3, 0.4) is 0 Å². The van der Waals surface area contributed by atoms with E-state index in [2.05, 4.69) is 10.3 Å². The van der Waals surface area contributed by atoms with Crippen molar-refractivity contribution in [2.45, 2.75) is 6.92 Å². The highest BCUT2D eigenvalue weighted by Gasteiger charge is 2.17. The molecule has 0 saturated carbocycles. The second-order valence-electron chi connectivity index (χ2n) is 5.34. The Morgan fingerprint density at radius 2 is 1.80 bits per heavy atom. The second kappa shape index (κ2) is 7.17. The van der Waals surface area contributed by atoms with Gasteiger partial charge in [-0.1, -0.05) is 12.1 Å². The van der Waals surface area contributed by atoms with Gasteiger partial charge in [0.2, 0.25) is 0 Å². The zero-order chi connectivity index (χ0) is 17.8. The largest absolute Gasteiger partial charge is 0.493 e. The minimum absolute atomic E-state index is 0.231. The maximum absolute atomic E-state index is 12.7. The van der Waals surface area contributed by atoms with Gasteiger partial charge in [-0.15, -0.1) is 0 Å². The number of nitrogens with one attached hydrogen (secondary N) is 2. The van der Waals surface area contributed by atoms with Crippen LogP contribution in [0.1, 0.15) is 17.3 Å². The molecule has 2 N–H and O–H groups in total. The van der Waals surface area contributed by atoms with Crippen LogP contribution in [-0.2, 0) is 0 Å². The Balaban J connectivity index is 1.95. The fraction of sp³-hybridized carbons (Fsp3) is 0.211. The smallest absolute Gasteiger partial charge is 0.257 e. The van der Waals surface area contributed by atoms with E-state index in [4.69, 9.17) is 14.2 Å². The van der Waals surface area contributed by atoms with Crippen molar-refractivity contribution in [3.8, 4) is 17.2 Å². The lowest BCUT2D eigenvalue weighted by molar-refractivity contribution is 0.102. The molecule has 3 rings (SSSR count). The summed E-state index contributed by atoms with van der Waals surface area (Å²) in [6.07, 6.45) is 1.67. The Morgan fingerprint density at radius 3 is 2.52 bits per heavy atom. The molecule has 1 heterocycles. The number of rotatable bonds is 6. The van der Waals surface area contributed by atoms with Gasteiger partial charge < -0.3 is 24.5 Å². The van der Waals surface area contributed by atoms with Crippen LogP contribution in [-0.4, -0.2) is 31.7 Å².